The predicted molar refractivity (Wildman–Crippen MR) is 117 cm³/mol. The maximum Gasteiger partial charge on any atom is 0.433 e. The maximum absolute atomic E-state index is 14.9. The van der Waals surface area contributed by atoms with Crippen LogP contribution in [0.2, 0.25) is 0 Å². The number of hydrogen-bond acceptors (Lipinski definition) is 7. The molecule has 1 N–H and O–H groups in total. The monoisotopic (exact) mass is 488 g/mol. The standard InChI is InChI=1S/C23H20F4N6O2/c1-12(20-16(24)8-15(10-30-20)14-4-6-28-18(9-14)23(25,26)27)31-21-29-7-5-19(32-21)33-17(13-2-3-13)11-35-22(33)34/h4-10,12-13,17H,2-3,11H2,1H3,(H,29,31,32)/t12-,17+/m0/s1. The Hall–Kier alpha value is -3.83. The molecule has 5 rings (SSSR count). The van der Waals surface area contributed by atoms with Gasteiger partial charge in [0.2, 0.25) is 5.95 Å². The summed E-state index contributed by atoms with van der Waals surface area (Å²) in [4.78, 5) is 29.7. The quantitative estimate of drug-likeness (QED) is 0.488. The van der Waals surface area contributed by atoms with Gasteiger partial charge in [-0.05, 0) is 55.5 Å². The summed E-state index contributed by atoms with van der Waals surface area (Å²) in [5.41, 5.74) is -0.713. The molecular weight excluding hydrogens is 468 g/mol. The van der Waals surface area contributed by atoms with Crippen LogP contribution in [0.25, 0.3) is 11.1 Å². The van der Waals surface area contributed by atoms with E-state index in [-0.39, 0.29) is 28.8 Å². The van der Waals surface area contributed by atoms with Crippen LogP contribution in [-0.4, -0.2) is 38.7 Å². The molecular formula is C23H20F4N6O2. The van der Waals surface area contributed by atoms with E-state index < -0.39 is 29.8 Å². The number of alkyl halides is 3. The van der Waals surface area contributed by atoms with Gasteiger partial charge in [-0.3, -0.25) is 14.9 Å². The number of amides is 1. The van der Waals surface area contributed by atoms with Crippen LogP contribution in [0.5, 0.6) is 0 Å². The highest BCUT2D eigenvalue weighted by molar-refractivity contribution is 5.89. The summed E-state index contributed by atoms with van der Waals surface area (Å²) in [6.07, 6.45) is 0.784. The fourth-order valence-corrected chi connectivity index (χ4v) is 4.03. The Morgan fingerprint density at radius 2 is 1.89 bits per heavy atom. The van der Waals surface area contributed by atoms with Crippen molar-refractivity contribution < 1.29 is 27.1 Å². The van der Waals surface area contributed by atoms with Gasteiger partial charge in [-0.1, -0.05) is 0 Å². The molecule has 0 aromatic carbocycles. The number of carbonyl (C=O) groups is 1. The predicted octanol–water partition coefficient (Wildman–Crippen LogP) is 5.00. The Bertz CT molecular complexity index is 1270. The lowest BCUT2D eigenvalue weighted by atomic mass is 10.1. The first-order chi connectivity index (χ1) is 16.7. The highest BCUT2D eigenvalue weighted by Gasteiger charge is 2.44. The number of halogens is 4. The zero-order chi connectivity index (χ0) is 24.7. The molecule has 1 aliphatic carbocycles. The maximum atomic E-state index is 14.9. The fourth-order valence-electron chi connectivity index (χ4n) is 4.03. The van der Waals surface area contributed by atoms with Crippen LogP contribution in [-0.2, 0) is 10.9 Å². The van der Waals surface area contributed by atoms with E-state index in [9.17, 15) is 22.4 Å². The van der Waals surface area contributed by atoms with E-state index in [4.69, 9.17) is 4.74 Å². The molecule has 3 aromatic rings. The molecule has 2 atom stereocenters. The fraction of sp³-hybridized carbons (Fsp3) is 0.348. The van der Waals surface area contributed by atoms with E-state index in [2.05, 4.69) is 25.3 Å². The number of cyclic esters (lactones) is 1. The van der Waals surface area contributed by atoms with Gasteiger partial charge in [0.15, 0.2) is 0 Å². The Balaban J connectivity index is 1.34. The molecule has 0 spiro atoms. The molecule has 1 aliphatic heterocycles. The number of nitrogens with one attached hydrogen (secondary N) is 1. The molecule has 2 fully saturated rings. The summed E-state index contributed by atoms with van der Waals surface area (Å²) in [5.74, 6) is 0.228. The minimum atomic E-state index is -4.61. The molecule has 0 radical (unpaired) electrons. The second kappa shape index (κ2) is 8.75. The van der Waals surface area contributed by atoms with Gasteiger partial charge in [-0.2, -0.15) is 18.2 Å². The van der Waals surface area contributed by atoms with E-state index in [1.165, 1.54) is 23.4 Å². The average Bonchev–Trinajstić information content (AvgIpc) is 3.60. The first-order valence-electron chi connectivity index (χ1n) is 11.0. The van der Waals surface area contributed by atoms with E-state index in [0.29, 0.717) is 18.3 Å². The van der Waals surface area contributed by atoms with Crippen molar-refractivity contribution >= 4 is 17.9 Å². The number of aromatic nitrogens is 4. The van der Waals surface area contributed by atoms with Gasteiger partial charge in [0.05, 0.1) is 17.8 Å². The molecule has 12 heteroatoms. The normalized spacial score (nSPS) is 18.9. The third kappa shape index (κ3) is 4.73. The highest BCUT2D eigenvalue weighted by atomic mass is 19.4. The first-order valence-corrected chi connectivity index (χ1v) is 11.0. The second-order valence-corrected chi connectivity index (χ2v) is 8.47. The number of nitrogens with zero attached hydrogens (tertiary/aromatic N) is 5. The van der Waals surface area contributed by atoms with Crippen molar-refractivity contribution in [3.05, 3.63) is 60.1 Å². The minimum absolute atomic E-state index is 0.0318. The molecule has 4 heterocycles. The third-order valence-electron chi connectivity index (χ3n) is 5.97. The molecule has 1 amide bonds. The molecule has 1 saturated heterocycles. The molecule has 8 nitrogen and oxygen atoms in total. The zero-order valence-corrected chi connectivity index (χ0v) is 18.5. The molecule has 3 aromatic heterocycles. The molecule has 0 bridgehead atoms. The number of hydrogen-bond donors (Lipinski definition) is 1. The van der Waals surface area contributed by atoms with Crippen LogP contribution in [0.3, 0.4) is 0 Å². The first kappa shape index (κ1) is 22.9. The van der Waals surface area contributed by atoms with Crippen molar-refractivity contribution in [3.63, 3.8) is 0 Å². The van der Waals surface area contributed by atoms with Gasteiger partial charge in [0.25, 0.3) is 0 Å². The number of ether oxygens (including phenoxy) is 1. The average molecular weight is 488 g/mol. The van der Waals surface area contributed by atoms with Crippen LogP contribution in [0, 0.1) is 11.7 Å². The molecule has 2 aliphatic rings. The topological polar surface area (TPSA) is 93.1 Å². The summed E-state index contributed by atoms with van der Waals surface area (Å²) >= 11 is 0. The molecule has 182 valence electrons. The van der Waals surface area contributed by atoms with Crippen molar-refractivity contribution in [1.29, 1.82) is 0 Å². The lowest BCUT2D eigenvalue weighted by Gasteiger charge is -2.21. The Kier molecular flexibility index (Phi) is 5.73. The summed E-state index contributed by atoms with van der Waals surface area (Å²) in [6.45, 7) is 1.96. The van der Waals surface area contributed by atoms with Gasteiger partial charge in [-0.25, -0.2) is 14.2 Å². The zero-order valence-electron chi connectivity index (χ0n) is 18.5. The van der Waals surface area contributed by atoms with E-state index >= 15 is 0 Å². The third-order valence-corrected chi connectivity index (χ3v) is 5.97. The number of rotatable bonds is 6. The van der Waals surface area contributed by atoms with Gasteiger partial charge in [0, 0.05) is 24.2 Å². The van der Waals surface area contributed by atoms with Crippen LogP contribution in [0.1, 0.15) is 37.2 Å². The molecule has 1 saturated carbocycles. The van der Waals surface area contributed by atoms with E-state index in [0.717, 1.165) is 31.2 Å². The summed E-state index contributed by atoms with van der Waals surface area (Å²) in [7, 11) is 0. The van der Waals surface area contributed by atoms with E-state index in [1.807, 2.05) is 0 Å². The largest absolute Gasteiger partial charge is 0.447 e. The summed E-state index contributed by atoms with van der Waals surface area (Å²) in [6, 6.07) is 4.18. The lowest BCUT2D eigenvalue weighted by molar-refractivity contribution is -0.141. The van der Waals surface area contributed by atoms with Crippen molar-refractivity contribution in [2.45, 2.75) is 38.0 Å². The number of anilines is 2. The Labute approximate surface area is 197 Å². The van der Waals surface area contributed by atoms with Gasteiger partial charge >= 0.3 is 12.3 Å². The van der Waals surface area contributed by atoms with Crippen LogP contribution < -0.4 is 10.2 Å². The summed E-state index contributed by atoms with van der Waals surface area (Å²) < 4.78 is 58.9. The number of carbonyl (C=O) groups excluding carboxylic acids is 1. The van der Waals surface area contributed by atoms with Crippen molar-refractivity contribution in [2.75, 3.05) is 16.8 Å². The van der Waals surface area contributed by atoms with Crippen molar-refractivity contribution in [3.8, 4) is 11.1 Å². The highest BCUT2D eigenvalue weighted by Crippen LogP contribution is 2.39. The van der Waals surface area contributed by atoms with Gasteiger partial charge < -0.3 is 10.1 Å². The Morgan fingerprint density at radius 1 is 1.11 bits per heavy atom. The summed E-state index contributed by atoms with van der Waals surface area (Å²) in [5, 5.41) is 2.96. The SMILES string of the molecule is C[C@H](Nc1nccc(N2C(=O)OC[C@@H]2C2CC2)n1)c1ncc(-c2ccnc(C(F)(F)F)c2)cc1F. The van der Waals surface area contributed by atoms with Gasteiger partial charge in [0.1, 0.15) is 23.9 Å². The van der Waals surface area contributed by atoms with E-state index in [1.54, 1.807) is 13.0 Å². The second-order valence-electron chi connectivity index (χ2n) is 8.47. The van der Waals surface area contributed by atoms with Crippen molar-refractivity contribution in [1.82, 2.24) is 19.9 Å². The van der Waals surface area contributed by atoms with Crippen LogP contribution in [0.15, 0.2) is 42.9 Å². The van der Waals surface area contributed by atoms with Crippen LogP contribution in [0.4, 0.5) is 34.1 Å². The smallest absolute Gasteiger partial charge is 0.433 e. The molecule has 35 heavy (non-hydrogen) atoms. The van der Waals surface area contributed by atoms with Gasteiger partial charge in [-0.15, -0.1) is 0 Å². The van der Waals surface area contributed by atoms with Crippen molar-refractivity contribution in [2.24, 2.45) is 5.92 Å². The van der Waals surface area contributed by atoms with Crippen LogP contribution >= 0.6 is 0 Å². The lowest BCUT2D eigenvalue weighted by Crippen LogP contribution is -2.35. The minimum Gasteiger partial charge on any atom is -0.447 e. The number of pyridine rings is 2. The molecule has 0 unspecified atom stereocenters. The Morgan fingerprint density at radius 3 is 2.60 bits per heavy atom.